The lowest BCUT2D eigenvalue weighted by atomic mass is 10.1. The minimum atomic E-state index is 0.757. The number of hydrogen-bond donors (Lipinski definition) is 1. The van der Waals surface area contributed by atoms with E-state index in [0.29, 0.717) is 0 Å². The predicted molar refractivity (Wildman–Crippen MR) is 75.5 cm³/mol. The molecule has 2 aliphatic rings. The maximum absolute atomic E-state index is 3.73. The number of halogens is 1. The van der Waals surface area contributed by atoms with E-state index in [1.165, 1.54) is 41.4 Å². The van der Waals surface area contributed by atoms with Gasteiger partial charge in [0.15, 0.2) is 0 Å². The van der Waals surface area contributed by atoms with E-state index in [0.717, 1.165) is 25.7 Å². The van der Waals surface area contributed by atoms with Gasteiger partial charge in [-0.05, 0) is 40.4 Å². The summed E-state index contributed by atoms with van der Waals surface area (Å²) in [7, 11) is 0. The second-order valence-electron chi connectivity index (χ2n) is 5.06. The van der Waals surface area contributed by atoms with Crippen LogP contribution in [0.4, 0.5) is 5.69 Å². The Morgan fingerprint density at radius 2 is 2.06 bits per heavy atom. The van der Waals surface area contributed by atoms with E-state index < -0.39 is 0 Å². The van der Waals surface area contributed by atoms with Crippen LogP contribution in [-0.4, -0.2) is 19.1 Å². The van der Waals surface area contributed by atoms with Crippen LogP contribution in [0.15, 0.2) is 22.7 Å². The smallest absolute Gasteiger partial charge is 0.0559 e. The Morgan fingerprint density at radius 1 is 1.24 bits per heavy atom. The number of benzene rings is 1. The van der Waals surface area contributed by atoms with Gasteiger partial charge in [0, 0.05) is 30.1 Å². The van der Waals surface area contributed by atoms with Crippen molar-refractivity contribution in [3.05, 3.63) is 28.2 Å². The molecule has 1 fully saturated rings. The second-order valence-corrected chi connectivity index (χ2v) is 5.91. The van der Waals surface area contributed by atoms with Gasteiger partial charge in [-0.15, -0.1) is 0 Å². The molecule has 1 N–H and O–H groups in total. The van der Waals surface area contributed by atoms with Crippen molar-refractivity contribution in [2.24, 2.45) is 0 Å². The van der Waals surface area contributed by atoms with Crippen molar-refractivity contribution in [3.63, 3.8) is 0 Å². The summed E-state index contributed by atoms with van der Waals surface area (Å²) in [6.45, 7) is 3.23. The third-order valence-electron chi connectivity index (χ3n) is 3.97. The molecule has 0 bridgehead atoms. The first-order valence-corrected chi connectivity index (χ1v) is 7.40. The average Bonchev–Trinajstić information content (AvgIpc) is 2.76. The Balaban J connectivity index is 1.99. The fraction of sp³-hybridized carbons (Fsp3) is 0.571. The number of rotatable bonds is 1. The number of hydrogen-bond acceptors (Lipinski definition) is 2. The van der Waals surface area contributed by atoms with Crippen molar-refractivity contribution in [1.82, 2.24) is 5.32 Å². The second kappa shape index (κ2) is 4.99. The van der Waals surface area contributed by atoms with E-state index in [2.05, 4.69) is 44.3 Å². The van der Waals surface area contributed by atoms with Crippen molar-refractivity contribution in [3.8, 4) is 0 Å². The van der Waals surface area contributed by atoms with Crippen molar-refractivity contribution >= 4 is 21.6 Å². The molecule has 0 amide bonds. The molecule has 1 aromatic carbocycles. The van der Waals surface area contributed by atoms with E-state index in [4.69, 9.17) is 0 Å². The van der Waals surface area contributed by atoms with E-state index >= 15 is 0 Å². The minimum absolute atomic E-state index is 0.757. The molecule has 1 saturated carbocycles. The maximum atomic E-state index is 3.73. The van der Waals surface area contributed by atoms with Gasteiger partial charge in [-0.1, -0.05) is 25.0 Å². The molecular weight excluding hydrogens is 276 g/mol. The lowest BCUT2D eigenvalue weighted by molar-refractivity contribution is 0.594. The molecule has 0 atom stereocenters. The van der Waals surface area contributed by atoms with Crippen molar-refractivity contribution in [2.45, 2.75) is 38.3 Å². The zero-order valence-corrected chi connectivity index (χ0v) is 11.7. The lowest BCUT2D eigenvalue weighted by Crippen LogP contribution is -2.36. The summed E-state index contributed by atoms with van der Waals surface area (Å²) in [5.41, 5.74) is 2.87. The van der Waals surface area contributed by atoms with Crippen LogP contribution in [0.5, 0.6) is 0 Å². The summed E-state index contributed by atoms with van der Waals surface area (Å²) in [6, 6.07) is 7.32. The molecule has 1 heterocycles. The highest BCUT2D eigenvalue weighted by Crippen LogP contribution is 2.36. The Labute approximate surface area is 112 Å². The van der Waals surface area contributed by atoms with Crippen LogP contribution in [0, 0.1) is 0 Å². The summed E-state index contributed by atoms with van der Waals surface area (Å²) < 4.78 is 1.26. The van der Waals surface area contributed by atoms with Gasteiger partial charge >= 0.3 is 0 Å². The standard InChI is InChI=1S/C14H19BrN2/c15-13-7-3-4-11-10-16-8-9-17(14(11)13)12-5-1-2-6-12/h3-4,7,12,16H,1-2,5-6,8-10H2. The van der Waals surface area contributed by atoms with Crippen LogP contribution in [0.3, 0.4) is 0 Å². The Morgan fingerprint density at radius 3 is 2.88 bits per heavy atom. The van der Waals surface area contributed by atoms with E-state index in [1.807, 2.05) is 0 Å². The van der Waals surface area contributed by atoms with Crippen LogP contribution in [0.1, 0.15) is 31.2 Å². The average molecular weight is 295 g/mol. The van der Waals surface area contributed by atoms with Gasteiger partial charge in [0.25, 0.3) is 0 Å². The fourth-order valence-electron chi connectivity index (χ4n) is 3.14. The van der Waals surface area contributed by atoms with Gasteiger partial charge in [0.05, 0.1) is 5.69 Å². The molecular formula is C14H19BrN2. The van der Waals surface area contributed by atoms with Crippen molar-refractivity contribution in [1.29, 1.82) is 0 Å². The Kier molecular flexibility index (Phi) is 3.39. The third kappa shape index (κ3) is 2.23. The summed E-state index contributed by atoms with van der Waals surface area (Å²) in [5.74, 6) is 0. The molecule has 0 spiro atoms. The highest BCUT2D eigenvalue weighted by molar-refractivity contribution is 9.10. The molecule has 0 aromatic heterocycles. The van der Waals surface area contributed by atoms with Gasteiger partial charge in [0.1, 0.15) is 0 Å². The number of anilines is 1. The van der Waals surface area contributed by atoms with Gasteiger partial charge in [-0.3, -0.25) is 0 Å². The van der Waals surface area contributed by atoms with E-state index in [9.17, 15) is 0 Å². The van der Waals surface area contributed by atoms with Gasteiger partial charge in [-0.25, -0.2) is 0 Å². The maximum Gasteiger partial charge on any atom is 0.0559 e. The third-order valence-corrected chi connectivity index (χ3v) is 4.61. The number of fused-ring (bicyclic) bond motifs is 1. The molecule has 0 unspecified atom stereocenters. The van der Waals surface area contributed by atoms with Crippen LogP contribution in [0.25, 0.3) is 0 Å². The first kappa shape index (κ1) is 11.5. The van der Waals surface area contributed by atoms with Crippen LogP contribution in [0.2, 0.25) is 0 Å². The molecule has 2 nitrogen and oxygen atoms in total. The normalized spacial score (nSPS) is 21.4. The van der Waals surface area contributed by atoms with Crippen LogP contribution in [-0.2, 0) is 6.54 Å². The molecule has 17 heavy (non-hydrogen) atoms. The fourth-order valence-corrected chi connectivity index (χ4v) is 3.77. The highest BCUT2D eigenvalue weighted by Gasteiger charge is 2.26. The van der Waals surface area contributed by atoms with Gasteiger partial charge < -0.3 is 10.2 Å². The van der Waals surface area contributed by atoms with E-state index in [-0.39, 0.29) is 0 Å². The quantitative estimate of drug-likeness (QED) is 0.855. The largest absolute Gasteiger partial charge is 0.366 e. The zero-order valence-electron chi connectivity index (χ0n) is 10.1. The summed E-state index contributed by atoms with van der Waals surface area (Å²) >= 11 is 3.73. The molecule has 1 aromatic rings. The molecule has 92 valence electrons. The van der Waals surface area contributed by atoms with Gasteiger partial charge in [-0.2, -0.15) is 0 Å². The minimum Gasteiger partial charge on any atom is -0.366 e. The number of nitrogens with zero attached hydrogens (tertiary/aromatic N) is 1. The monoisotopic (exact) mass is 294 g/mol. The Bertz CT molecular complexity index is 399. The van der Waals surface area contributed by atoms with Crippen LogP contribution < -0.4 is 10.2 Å². The molecule has 3 rings (SSSR count). The number of para-hydroxylation sites is 1. The summed E-state index contributed by atoms with van der Waals surface area (Å²) in [6.07, 6.45) is 5.52. The zero-order chi connectivity index (χ0) is 11.7. The molecule has 1 aliphatic heterocycles. The first-order valence-electron chi connectivity index (χ1n) is 6.61. The summed E-state index contributed by atoms with van der Waals surface area (Å²) in [5, 5.41) is 3.52. The van der Waals surface area contributed by atoms with Gasteiger partial charge in [0.2, 0.25) is 0 Å². The molecule has 0 radical (unpaired) electrons. The topological polar surface area (TPSA) is 15.3 Å². The highest BCUT2D eigenvalue weighted by atomic mass is 79.9. The first-order chi connectivity index (χ1) is 8.36. The lowest BCUT2D eigenvalue weighted by Gasteiger charge is -2.32. The number of nitrogens with one attached hydrogen (secondary N) is 1. The SMILES string of the molecule is Brc1cccc2c1N(C1CCCC1)CCNC2. The van der Waals surface area contributed by atoms with Crippen LogP contribution >= 0.6 is 15.9 Å². The Hall–Kier alpha value is -0.540. The molecule has 1 aliphatic carbocycles. The summed E-state index contributed by atoms with van der Waals surface area (Å²) in [4.78, 5) is 2.63. The van der Waals surface area contributed by atoms with Crippen molar-refractivity contribution < 1.29 is 0 Å². The van der Waals surface area contributed by atoms with Crippen molar-refractivity contribution in [2.75, 3.05) is 18.0 Å². The predicted octanol–water partition coefficient (Wildman–Crippen LogP) is 3.30. The van der Waals surface area contributed by atoms with E-state index in [1.54, 1.807) is 0 Å². The molecule has 0 saturated heterocycles. The molecule has 3 heteroatoms.